The fourth-order valence-electron chi connectivity index (χ4n) is 4.04. The highest BCUT2D eigenvalue weighted by Crippen LogP contribution is 2.44. The van der Waals surface area contributed by atoms with E-state index in [1.165, 1.54) is 4.90 Å². The number of hydrogen-bond acceptors (Lipinski definition) is 6. The molecule has 1 atom stereocenters. The largest absolute Gasteiger partial charge is 0.507 e. The van der Waals surface area contributed by atoms with Gasteiger partial charge in [0.2, 0.25) is 6.79 Å². The van der Waals surface area contributed by atoms with E-state index in [0.717, 1.165) is 11.1 Å². The average molecular weight is 428 g/mol. The van der Waals surface area contributed by atoms with Crippen LogP contribution >= 0.6 is 0 Å². The molecule has 160 valence electrons. The topological polar surface area (TPSA) is 89.0 Å². The van der Waals surface area contributed by atoms with E-state index in [9.17, 15) is 14.7 Å². The van der Waals surface area contributed by atoms with Crippen molar-refractivity contribution in [2.45, 2.75) is 19.9 Å². The first-order valence-electron chi connectivity index (χ1n) is 10.1. The Bertz CT molecular complexity index is 1280. The number of carbonyl (C=O) groups excluding carboxylic acids is 2. The molecule has 1 fully saturated rings. The molecule has 32 heavy (non-hydrogen) atoms. The lowest BCUT2D eigenvalue weighted by atomic mass is 9.94. The average Bonchev–Trinajstić information content (AvgIpc) is 3.38. The van der Waals surface area contributed by atoms with Gasteiger partial charge in [-0.25, -0.2) is 0 Å². The monoisotopic (exact) mass is 428 g/mol. The van der Waals surface area contributed by atoms with E-state index < -0.39 is 17.7 Å². The summed E-state index contributed by atoms with van der Waals surface area (Å²) >= 11 is 0. The summed E-state index contributed by atoms with van der Waals surface area (Å²) in [6.45, 7) is 3.99. The van der Waals surface area contributed by atoms with Crippen LogP contribution in [0.1, 0.15) is 28.3 Å². The number of carbonyl (C=O) groups is 2. The Hall–Kier alpha value is -4.13. The van der Waals surface area contributed by atoms with Gasteiger partial charge in [-0.1, -0.05) is 12.1 Å². The second-order valence-electron chi connectivity index (χ2n) is 7.79. The molecule has 2 aliphatic rings. The number of aromatic nitrogens is 1. The molecule has 1 N–H and O–H groups in total. The standard InChI is InChI=1S/C25H20N2O5/c1-14-3-4-17(11-15(14)2)23(28)21-22(16-7-9-26-10-8-16)27(25(30)24(21)29)18-5-6-19-20(12-18)32-13-31-19/h3-12,22,28H,13H2,1-2H3/b23-21+. The molecule has 0 radical (unpaired) electrons. The molecule has 1 saturated heterocycles. The summed E-state index contributed by atoms with van der Waals surface area (Å²) in [5.41, 5.74) is 3.67. The zero-order valence-electron chi connectivity index (χ0n) is 17.5. The van der Waals surface area contributed by atoms with Crippen LogP contribution in [0.25, 0.3) is 5.76 Å². The minimum atomic E-state index is -0.819. The minimum Gasteiger partial charge on any atom is -0.507 e. The number of aliphatic hydroxyl groups excluding tert-OH is 1. The van der Waals surface area contributed by atoms with Gasteiger partial charge in [-0.15, -0.1) is 0 Å². The van der Waals surface area contributed by atoms with Gasteiger partial charge in [0, 0.05) is 29.7 Å². The molecule has 0 spiro atoms. The van der Waals surface area contributed by atoms with Crippen LogP contribution in [0.15, 0.2) is 66.5 Å². The van der Waals surface area contributed by atoms with Gasteiger partial charge < -0.3 is 14.6 Å². The second-order valence-corrected chi connectivity index (χ2v) is 7.79. The number of Topliss-reactive ketones (excluding diaryl/α,β-unsaturated/α-hetero) is 1. The maximum absolute atomic E-state index is 13.2. The summed E-state index contributed by atoms with van der Waals surface area (Å²) in [5.74, 6) is -0.624. The zero-order chi connectivity index (χ0) is 22.4. The van der Waals surface area contributed by atoms with Crippen molar-refractivity contribution in [3.63, 3.8) is 0 Å². The van der Waals surface area contributed by atoms with Crippen molar-refractivity contribution >= 4 is 23.1 Å². The number of benzene rings is 2. The maximum Gasteiger partial charge on any atom is 0.300 e. The van der Waals surface area contributed by atoms with Crippen molar-refractivity contribution < 1.29 is 24.2 Å². The number of aryl methyl sites for hydroxylation is 2. The highest BCUT2D eigenvalue weighted by molar-refractivity contribution is 6.51. The predicted octanol–water partition coefficient (Wildman–Crippen LogP) is 4.05. The molecule has 0 aliphatic carbocycles. The van der Waals surface area contributed by atoms with E-state index in [4.69, 9.17) is 9.47 Å². The van der Waals surface area contributed by atoms with Gasteiger partial charge in [-0.2, -0.15) is 0 Å². The summed E-state index contributed by atoms with van der Waals surface area (Å²) in [6.07, 6.45) is 3.18. The first-order valence-corrected chi connectivity index (χ1v) is 10.1. The second kappa shape index (κ2) is 7.53. The lowest BCUT2D eigenvalue weighted by Gasteiger charge is -2.25. The minimum absolute atomic E-state index is 0.0297. The third-order valence-corrected chi connectivity index (χ3v) is 5.88. The SMILES string of the molecule is Cc1ccc(/C(O)=C2\C(=O)C(=O)N(c3ccc4c(c3)OCO4)C2c2ccncc2)cc1C. The highest BCUT2D eigenvalue weighted by Gasteiger charge is 2.47. The molecule has 5 rings (SSSR count). The van der Waals surface area contributed by atoms with Gasteiger partial charge in [-0.3, -0.25) is 19.5 Å². The van der Waals surface area contributed by atoms with Crippen molar-refractivity contribution in [2.75, 3.05) is 11.7 Å². The molecule has 3 heterocycles. The van der Waals surface area contributed by atoms with Crippen LogP contribution in [0.2, 0.25) is 0 Å². The summed E-state index contributed by atoms with van der Waals surface area (Å²) < 4.78 is 10.8. The third kappa shape index (κ3) is 3.10. The summed E-state index contributed by atoms with van der Waals surface area (Å²) in [7, 11) is 0. The van der Waals surface area contributed by atoms with Crippen LogP contribution in [-0.2, 0) is 9.59 Å². The molecule has 3 aromatic rings. The molecule has 1 amide bonds. The summed E-state index contributed by atoms with van der Waals surface area (Å²) in [6, 6.07) is 13.1. The van der Waals surface area contributed by atoms with Crippen LogP contribution in [0.5, 0.6) is 11.5 Å². The first kappa shape index (κ1) is 19.8. The fraction of sp³-hybridized carbons (Fsp3) is 0.160. The molecular formula is C25H20N2O5. The summed E-state index contributed by atoms with van der Waals surface area (Å²) in [4.78, 5) is 31.8. The van der Waals surface area contributed by atoms with Crippen LogP contribution in [0.4, 0.5) is 5.69 Å². The quantitative estimate of drug-likeness (QED) is 0.385. The van der Waals surface area contributed by atoms with Gasteiger partial charge in [0.15, 0.2) is 11.5 Å². The van der Waals surface area contributed by atoms with E-state index in [1.807, 2.05) is 26.0 Å². The molecule has 2 aromatic carbocycles. The highest BCUT2D eigenvalue weighted by atomic mass is 16.7. The number of ketones is 1. The van der Waals surface area contributed by atoms with Gasteiger partial charge in [0.1, 0.15) is 5.76 Å². The number of aliphatic hydroxyl groups is 1. The fourth-order valence-corrected chi connectivity index (χ4v) is 4.04. The Labute approximate surface area is 184 Å². The van der Waals surface area contributed by atoms with E-state index in [-0.39, 0.29) is 18.1 Å². The van der Waals surface area contributed by atoms with Crippen molar-refractivity contribution in [2.24, 2.45) is 0 Å². The van der Waals surface area contributed by atoms with E-state index in [2.05, 4.69) is 4.98 Å². The number of anilines is 1. The Morgan fingerprint density at radius 3 is 2.47 bits per heavy atom. The van der Waals surface area contributed by atoms with E-state index in [1.54, 1.807) is 48.8 Å². The number of hydrogen-bond donors (Lipinski definition) is 1. The Morgan fingerprint density at radius 1 is 0.969 bits per heavy atom. The molecule has 1 aromatic heterocycles. The lowest BCUT2D eigenvalue weighted by molar-refractivity contribution is -0.132. The Kier molecular flexibility index (Phi) is 4.66. The third-order valence-electron chi connectivity index (χ3n) is 5.88. The predicted molar refractivity (Wildman–Crippen MR) is 118 cm³/mol. The molecule has 2 aliphatic heterocycles. The molecule has 7 heteroatoms. The number of pyridine rings is 1. The van der Waals surface area contributed by atoms with Gasteiger partial charge >= 0.3 is 0 Å². The molecule has 1 unspecified atom stereocenters. The van der Waals surface area contributed by atoms with Crippen molar-refractivity contribution in [1.29, 1.82) is 0 Å². The Balaban J connectivity index is 1.70. The number of ether oxygens (including phenoxy) is 2. The van der Waals surface area contributed by atoms with Gasteiger partial charge in [0.05, 0.1) is 11.6 Å². The van der Waals surface area contributed by atoms with Crippen LogP contribution in [-0.4, -0.2) is 28.6 Å². The van der Waals surface area contributed by atoms with Crippen LogP contribution in [0.3, 0.4) is 0 Å². The normalized spacial score (nSPS) is 18.9. The van der Waals surface area contributed by atoms with Crippen LogP contribution in [0, 0.1) is 13.8 Å². The van der Waals surface area contributed by atoms with E-state index in [0.29, 0.717) is 28.3 Å². The molecule has 0 bridgehead atoms. The number of fused-ring (bicyclic) bond motifs is 1. The number of rotatable bonds is 3. The summed E-state index contributed by atoms with van der Waals surface area (Å²) in [5, 5.41) is 11.2. The van der Waals surface area contributed by atoms with Crippen molar-refractivity contribution in [1.82, 2.24) is 4.98 Å². The number of amides is 1. The van der Waals surface area contributed by atoms with Crippen LogP contribution < -0.4 is 14.4 Å². The first-order chi connectivity index (χ1) is 15.5. The number of nitrogens with zero attached hydrogens (tertiary/aromatic N) is 2. The maximum atomic E-state index is 13.2. The smallest absolute Gasteiger partial charge is 0.300 e. The Morgan fingerprint density at radius 2 is 1.72 bits per heavy atom. The molecule has 7 nitrogen and oxygen atoms in total. The van der Waals surface area contributed by atoms with Crippen molar-refractivity contribution in [3.8, 4) is 11.5 Å². The molecular weight excluding hydrogens is 408 g/mol. The van der Waals surface area contributed by atoms with Gasteiger partial charge in [0.25, 0.3) is 11.7 Å². The van der Waals surface area contributed by atoms with E-state index >= 15 is 0 Å². The lowest BCUT2D eigenvalue weighted by Crippen LogP contribution is -2.29. The zero-order valence-corrected chi connectivity index (χ0v) is 17.5. The van der Waals surface area contributed by atoms with Gasteiger partial charge in [-0.05, 0) is 60.9 Å². The van der Waals surface area contributed by atoms with Crippen molar-refractivity contribution in [3.05, 3.63) is 88.8 Å². The molecule has 0 saturated carbocycles.